The molecule has 0 saturated heterocycles. The van der Waals surface area contributed by atoms with E-state index in [1.807, 2.05) is 0 Å². The summed E-state index contributed by atoms with van der Waals surface area (Å²) in [5.41, 5.74) is 1.04. The number of nitrogens with one attached hydrogen (secondary N) is 1. The fraction of sp³-hybridized carbons (Fsp3) is 0.600. The molecule has 0 aliphatic heterocycles. The van der Waals surface area contributed by atoms with E-state index in [1.165, 1.54) is 6.33 Å². The molecule has 0 amide bonds. The van der Waals surface area contributed by atoms with Crippen LogP contribution in [0.25, 0.3) is 0 Å². The average molecular weight is 195 g/mol. The van der Waals surface area contributed by atoms with Gasteiger partial charge in [-0.15, -0.1) is 0 Å². The molecule has 14 heavy (non-hydrogen) atoms. The van der Waals surface area contributed by atoms with Crippen LogP contribution in [0.15, 0.2) is 6.33 Å². The number of anilines is 1. The van der Waals surface area contributed by atoms with Crippen molar-refractivity contribution < 1.29 is 4.74 Å². The molecule has 0 atom stereocenters. The Hall–Kier alpha value is -1.32. The zero-order chi connectivity index (χ0) is 10.4. The topological polar surface area (TPSA) is 47.0 Å². The van der Waals surface area contributed by atoms with E-state index in [4.69, 9.17) is 4.74 Å². The molecule has 0 fully saturated rings. The smallest absolute Gasteiger partial charge is 0.221 e. The van der Waals surface area contributed by atoms with Gasteiger partial charge in [0.05, 0.1) is 12.7 Å². The van der Waals surface area contributed by atoms with Crippen LogP contribution in [-0.4, -0.2) is 23.6 Å². The van der Waals surface area contributed by atoms with Gasteiger partial charge in [0.25, 0.3) is 0 Å². The number of hydrogen-bond donors (Lipinski definition) is 1. The lowest BCUT2D eigenvalue weighted by Gasteiger charge is -2.11. The first-order valence-corrected chi connectivity index (χ1v) is 4.95. The third kappa shape index (κ3) is 2.34. The second kappa shape index (κ2) is 5.42. The van der Waals surface area contributed by atoms with Crippen molar-refractivity contribution in [3.05, 3.63) is 11.9 Å². The van der Waals surface area contributed by atoms with Crippen LogP contribution >= 0.6 is 0 Å². The first-order valence-electron chi connectivity index (χ1n) is 4.95. The molecule has 0 bridgehead atoms. The van der Waals surface area contributed by atoms with Crippen LogP contribution in [-0.2, 0) is 6.42 Å². The monoisotopic (exact) mass is 195 g/mol. The number of ether oxygens (including phenoxy) is 1. The molecule has 1 aromatic rings. The quantitative estimate of drug-likeness (QED) is 0.779. The molecule has 0 aliphatic carbocycles. The van der Waals surface area contributed by atoms with E-state index in [2.05, 4.69) is 29.1 Å². The lowest BCUT2D eigenvalue weighted by Crippen LogP contribution is -2.07. The molecular formula is C10H17N3O. The molecular weight excluding hydrogens is 178 g/mol. The molecule has 0 spiro atoms. The standard InChI is InChI=1S/C10H17N3O/c1-4-6-11-9-8(5-2)10(14-3)13-7-12-9/h7H,4-6H2,1-3H3,(H,11,12,13). The Balaban J connectivity index is 2.90. The Morgan fingerprint density at radius 3 is 2.71 bits per heavy atom. The first kappa shape index (κ1) is 10.8. The second-order valence-corrected chi connectivity index (χ2v) is 2.99. The van der Waals surface area contributed by atoms with Gasteiger partial charge in [0.1, 0.15) is 12.1 Å². The van der Waals surface area contributed by atoms with Crippen LogP contribution in [0.4, 0.5) is 5.82 Å². The van der Waals surface area contributed by atoms with Gasteiger partial charge < -0.3 is 10.1 Å². The molecule has 0 aliphatic rings. The summed E-state index contributed by atoms with van der Waals surface area (Å²) >= 11 is 0. The fourth-order valence-electron chi connectivity index (χ4n) is 1.29. The summed E-state index contributed by atoms with van der Waals surface area (Å²) in [6, 6.07) is 0. The molecule has 0 unspecified atom stereocenters. The third-order valence-corrected chi connectivity index (χ3v) is 2.00. The Bertz CT molecular complexity index is 289. The van der Waals surface area contributed by atoms with Crippen LogP contribution < -0.4 is 10.1 Å². The zero-order valence-electron chi connectivity index (χ0n) is 9.00. The molecule has 0 radical (unpaired) electrons. The van der Waals surface area contributed by atoms with Crippen LogP contribution in [0.3, 0.4) is 0 Å². The summed E-state index contributed by atoms with van der Waals surface area (Å²) < 4.78 is 5.17. The molecule has 1 rings (SSSR count). The Morgan fingerprint density at radius 1 is 1.36 bits per heavy atom. The van der Waals surface area contributed by atoms with E-state index in [9.17, 15) is 0 Å². The van der Waals surface area contributed by atoms with Gasteiger partial charge in [-0.2, -0.15) is 0 Å². The summed E-state index contributed by atoms with van der Waals surface area (Å²) in [6.07, 6.45) is 3.47. The molecule has 1 heterocycles. The third-order valence-electron chi connectivity index (χ3n) is 2.00. The van der Waals surface area contributed by atoms with Gasteiger partial charge >= 0.3 is 0 Å². The number of hydrogen-bond acceptors (Lipinski definition) is 4. The van der Waals surface area contributed by atoms with Gasteiger partial charge in [-0.25, -0.2) is 9.97 Å². The number of rotatable bonds is 5. The predicted molar refractivity (Wildman–Crippen MR) is 56.7 cm³/mol. The molecule has 4 heteroatoms. The summed E-state index contributed by atoms with van der Waals surface area (Å²) in [4.78, 5) is 8.26. The lowest BCUT2D eigenvalue weighted by molar-refractivity contribution is 0.392. The number of aromatic nitrogens is 2. The van der Waals surface area contributed by atoms with Crippen LogP contribution in [0.2, 0.25) is 0 Å². The van der Waals surface area contributed by atoms with E-state index in [0.29, 0.717) is 5.88 Å². The van der Waals surface area contributed by atoms with Crippen LogP contribution in [0, 0.1) is 0 Å². The highest BCUT2D eigenvalue weighted by Gasteiger charge is 2.08. The van der Waals surface area contributed by atoms with Crippen molar-refractivity contribution in [2.45, 2.75) is 26.7 Å². The maximum absolute atomic E-state index is 5.17. The Morgan fingerprint density at radius 2 is 2.14 bits per heavy atom. The summed E-state index contributed by atoms with van der Waals surface area (Å²) in [7, 11) is 1.63. The SMILES string of the molecule is CCCNc1ncnc(OC)c1CC. The first-order chi connectivity index (χ1) is 6.83. The molecule has 1 N–H and O–H groups in total. The fourth-order valence-corrected chi connectivity index (χ4v) is 1.29. The largest absolute Gasteiger partial charge is 0.481 e. The van der Waals surface area contributed by atoms with Gasteiger partial charge in [-0.1, -0.05) is 13.8 Å². The van der Waals surface area contributed by atoms with Gasteiger partial charge in [0, 0.05) is 6.54 Å². The van der Waals surface area contributed by atoms with Crippen LogP contribution in [0.5, 0.6) is 5.88 Å². The van der Waals surface area contributed by atoms with Gasteiger partial charge in [0.2, 0.25) is 5.88 Å². The maximum atomic E-state index is 5.17. The average Bonchev–Trinajstić information content (AvgIpc) is 2.25. The van der Waals surface area contributed by atoms with E-state index in [0.717, 1.165) is 30.8 Å². The minimum Gasteiger partial charge on any atom is -0.481 e. The highest BCUT2D eigenvalue weighted by atomic mass is 16.5. The lowest BCUT2D eigenvalue weighted by atomic mass is 10.2. The van der Waals surface area contributed by atoms with E-state index >= 15 is 0 Å². The molecule has 0 aromatic carbocycles. The minimum atomic E-state index is 0.668. The maximum Gasteiger partial charge on any atom is 0.221 e. The normalized spacial score (nSPS) is 9.93. The number of methoxy groups -OCH3 is 1. The van der Waals surface area contributed by atoms with Crippen molar-refractivity contribution in [1.82, 2.24) is 9.97 Å². The van der Waals surface area contributed by atoms with Crippen LogP contribution in [0.1, 0.15) is 25.8 Å². The van der Waals surface area contributed by atoms with Crippen molar-refractivity contribution in [1.29, 1.82) is 0 Å². The molecule has 0 saturated carbocycles. The highest BCUT2D eigenvalue weighted by molar-refractivity contribution is 5.48. The van der Waals surface area contributed by atoms with Gasteiger partial charge in [0.15, 0.2) is 0 Å². The zero-order valence-corrected chi connectivity index (χ0v) is 9.00. The van der Waals surface area contributed by atoms with E-state index in [-0.39, 0.29) is 0 Å². The summed E-state index contributed by atoms with van der Waals surface area (Å²) in [6.45, 7) is 5.11. The van der Waals surface area contributed by atoms with Crippen molar-refractivity contribution in [2.24, 2.45) is 0 Å². The molecule has 1 aromatic heterocycles. The predicted octanol–water partition coefficient (Wildman–Crippen LogP) is 1.87. The second-order valence-electron chi connectivity index (χ2n) is 2.99. The highest BCUT2D eigenvalue weighted by Crippen LogP contribution is 2.21. The van der Waals surface area contributed by atoms with Gasteiger partial charge in [-0.05, 0) is 12.8 Å². The summed E-state index contributed by atoms with van der Waals surface area (Å²) in [5.74, 6) is 1.56. The van der Waals surface area contributed by atoms with Crippen molar-refractivity contribution in [3.8, 4) is 5.88 Å². The Labute approximate surface area is 84.7 Å². The van der Waals surface area contributed by atoms with E-state index in [1.54, 1.807) is 7.11 Å². The van der Waals surface area contributed by atoms with Crippen molar-refractivity contribution >= 4 is 5.82 Å². The molecule has 4 nitrogen and oxygen atoms in total. The minimum absolute atomic E-state index is 0.668. The summed E-state index contributed by atoms with van der Waals surface area (Å²) in [5, 5.41) is 3.26. The van der Waals surface area contributed by atoms with Crippen molar-refractivity contribution in [3.63, 3.8) is 0 Å². The van der Waals surface area contributed by atoms with Gasteiger partial charge in [-0.3, -0.25) is 0 Å². The molecule has 78 valence electrons. The Kier molecular flexibility index (Phi) is 4.16. The van der Waals surface area contributed by atoms with E-state index < -0.39 is 0 Å². The van der Waals surface area contributed by atoms with Crippen molar-refractivity contribution in [2.75, 3.05) is 19.0 Å². The number of nitrogens with zero attached hydrogens (tertiary/aromatic N) is 2.